The molecule has 0 bridgehead atoms. The predicted octanol–water partition coefficient (Wildman–Crippen LogP) is 9.19. The van der Waals surface area contributed by atoms with Crippen molar-refractivity contribution < 1.29 is 37.7 Å². The SMILES string of the molecule is CC(C)(C)OC(=O)C(C)(C)ON=C(C(=O)NC1C(=O)N2C(C(=O)OC(c3ccccc3)c3ccccc3)=C(C=CCCl)CS(=O)[C@@H]12)c1csc(NC(c2ccccc2)(c2ccccc2)c2ccccc2)n1. The minimum absolute atomic E-state index is 0.0389. The summed E-state index contributed by atoms with van der Waals surface area (Å²) in [4.78, 5) is 68.9. The number of amides is 2. The summed E-state index contributed by atoms with van der Waals surface area (Å²) < 4.78 is 26.0. The van der Waals surface area contributed by atoms with E-state index in [-0.39, 0.29) is 28.6 Å². The number of oxime groups is 1. The van der Waals surface area contributed by atoms with Crippen LogP contribution in [0.5, 0.6) is 0 Å². The minimum Gasteiger partial charge on any atom is -0.457 e. The van der Waals surface area contributed by atoms with Crippen molar-refractivity contribution in [2.24, 2.45) is 5.16 Å². The molecule has 2 aliphatic rings. The number of allylic oxidation sites excluding steroid dienone is 2. The molecule has 2 N–H and O–H groups in total. The largest absolute Gasteiger partial charge is 0.457 e. The fourth-order valence-electron chi connectivity index (χ4n) is 8.25. The smallest absolute Gasteiger partial charge is 0.356 e. The zero-order chi connectivity index (χ0) is 50.3. The first kappa shape index (κ1) is 50.2. The highest BCUT2D eigenvalue weighted by atomic mass is 35.5. The van der Waals surface area contributed by atoms with Crippen molar-refractivity contribution in [3.63, 3.8) is 0 Å². The molecular formula is C55H52ClN5O8S2. The number of rotatable bonds is 17. The molecule has 0 saturated carbocycles. The minimum atomic E-state index is -1.83. The molecule has 2 aliphatic heterocycles. The highest BCUT2D eigenvalue weighted by Crippen LogP contribution is 2.41. The first-order valence-corrected chi connectivity index (χ1v) is 25.6. The average Bonchev–Trinajstić information content (AvgIpc) is 3.84. The Kier molecular flexibility index (Phi) is 15.1. The molecule has 2 amide bonds. The van der Waals surface area contributed by atoms with E-state index in [0.29, 0.717) is 16.3 Å². The van der Waals surface area contributed by atoms with E-state index in [0.717, 1.165) is 21.6 Å². The lowest BCUT2D eigenvalue weighted by Crippen LogP contribution is -2.74. The summed E-state index contributed by atoms with van der Waals surface area (Å²) in [6, 6.07) is 46.6. The van der Waals surface area contributed by atoms with Crippen molar-refractivity contribution in [2.75, 3.05) is 16.9 Å². The summed E-state index contributed by atoms with van der Waals surface area (Å²) in [6.07, 6.45) is 2.29. The number of ether oxygens (including phenoxy) is 2. The molecule has 71 heavy (non-hydrogen) atoms. The summed E-state index contributed by atoms with van der Waals surface area (Å²) in [5.41, 5.74) is 0.378. The van der Waals surface area contributed by atoms with Gasteiger partial charge in [-0.3, -0.25) is 18.7 Å². The van der Waals surface area contributed by atoms with E-state index in [1.54, 1.807) is 38.3 Å². The van der Waals surface area contributed by atoms with Crippen LogP contribution in [0, 0.1) is 0 Å². The van der Waals surface area contributed by atoms with E-state index >= 15 is 0 Å². The highest BCUT2D eigenvalue weighted by molar-refractivity contribution is 7.86. The summed E-state index contributed by atoms with van der Waals surface area (Å²) >= 11 is 7.22. The van der Waals surface area contributed by atoms with Crippen molar-refractivity contribution in [1.29, 1.82) is 0 Å². The molecule has 0 spiro atoms. The van der Waals surface area contributed by atoms with Crippen LogP contribution in [0.4, 0.5) is 5.13 Å². The van der Waals surface area contributed by atoms with Crippen molar-refractivity contribution >= 4 is 68.3 Å². The Balaban J connectivity index is 1.14. The molecule has 6 aromatic rings. The number of halogens is 1. The van der Waals surface area contributed by atoms with Gasteiger partial charge in [-0.05, 0) is 68.0 Å². The summed E-state index contributed by atoms with van der Waals surface area (Å²) in [6.45, 7) is 8.03. The second-order valence-electron chi connectivity index (χ2n) is 18.2. The Hall–Kier alpha value is -7.20. The lowest BCUT2D eigenvalue weighted by molar-refractivity contribution is -0.179. The molecule has 364 valence electrons. The lowest BCUT2D eigenvalue weighted by atomic mass is 9.77. The lowest BCUT2D eigenvalue weighted by Gasteiger charge is -2.49. The van der Waals surface area contributed by atoms with Gasteiger partial charge in [0.15, 0.2) is 16.9 Å². The van der Waals surface area contributed by atoms with E-state index < -0.39 is 74.5 Å². The van der Waals surface area contributed by atoms with Crippen LogP contribution in [0.3, 0.4) is 0 Å². The predicted molar refractivity (Wildman–Crippen MR) is 276 cm³/mol. The van der Waals surface area contributed by atoms with Gasteiger partial charge in [0, 0.05) is 11.3 Å². The van der Waals surface area contributed by atoms with Crippen LogP contribution >= 0.6 is 22.9 Å². The van der Waals surface area contributed by atoms with E-state index in [1.165, 1.54) is 25.2 Å². The average molecular weight is 1010 g/mol. The van der Waals surface area contributed by atoms with Crippen LogP contribution in [0.15, 0.2) is 186 Å². The first-order valence-electron chi connectivity index (χ1n) is 22.8. The number of esters is 2. The number of anilines is 1. The molecule has 5 aromatic carbocycles. The third kappa shape index (κ3) is 10.9. The Morgan fingerprint density at radius 3 is 1.82 bits per heavy atom. The van der Waals surface area contributed by atoms with Crippen LogP contribution in [0.1, 0.15) is 74.2 Å². The molecule has 8 rings (SSSR count). The topological polar surface area (TPSA) is 166 Å². The van der Waals surface area contributed by atoms with Gasteiger partial charge in [-0.15, -0.1) is 22.9 Å². The van der Waals surface area contributed by atoms with Gasteiger partial charge >= 0.3 is 11.9 Å². The first-order chi connectivity index (χ1) is 34.1. The molecule has 0 radical (unpaired) electrons. The van der Waals surface area contributed by atoms with Gasteiger partial charge in [0.05, 0.1) is 16.6 Å². The summed E-state index contributed by atoms with van der Waals surface area (Å²) in [5.74, 6) is -3.30. The quantitative estimate of drug-likeness (QED) is 0.0225. The number of fused-ring (bicyclic) bond motifs is 1. The number of nitrogens with one attached hydrogen (secondary N) is 2. The Morgan fingerprint density at radius 1 is 0.817 bits per heavy atom. The van der Waals surface area contributed by atoms with Crippen LogP contribution in [-0.2, 0) is 49.8 Å². The van der Waals surface area contributed by atoms with Crippen molar-refractivity contribution in [3.8, 4) is 0 Å². The standard InChI is InChI=1S/C55H52ClN5O8S2/c1-53(2,3)68-51(65)54(4,5)69-60-43(42-34-70-52(57-42)59-55(39-27-15-8-16-28-39,40-29-17-9-18-30-40)41-31-19-10-20-32-41)47(62)58-44-48(63)61-45(38(26-21-33-56)35-71(66)49(44)61)50(64)67-46(36-22-11-6-12-23-36)37-24-13-7-14-25-37/h6-32,34,44,46,49H,33,35H2,1-5H3,(H,57,59)(H,58,62)/t44?,49-,71?/m0/s1. The van der Waals surface area contributed by atoms with Crippen LogP contribution in [0.2, 0.25) is 0 Å². The summed E-state index contributed by atoms with van der Waals surface area (Å²) in [7, 11) is -1.83. The van der Waals surface area contributed by atoms with Crippen molar-refractivity contribution in [3.05, 3.63) is 214 Å². The van der Waals surface area contributed by atoms with Gasteiger partial charge in [0.25, 0.3) is 11.8 Å². The highest BCUT2D eigenvalue weighted by Gasteiger charge is 2.58. The van der Waals surface area contributed by atoms with Gasteiger partial charge in [-0.2, -0.15) is 0 Å². The number of aromatic nitrogens is 1. The van der Waals surface area contributed by atoms with Crippen molar-refractivity contribution in [2.45, 2.75) is 68.9 Å². The third-order valence-electron chi connectivity index (χ3n) is 11.6. The molecule has 3 atom stereocenters. The normalized spacial score (nSPS) is 17.3. The molecule has 1 fully saturated rings. The third-order valence-corrected chi connectivity index (χ3v) is 14.2. The second-order valence-corrected chi connectivity index (χ2v) is 20.9. The second kappa shape index (κ2) is 21.4. The number of carbonyl (C=O) groups excluding carboxylic acids is 4. The molecule has 16 heteroatoms. The number of hydrogen-bond donors (Lipinski definition) is 2. The fraction of sp³-hybridized carbons (Fsp3) is 0.236. The maximum atomic E-state index is 14.7. The number of nitrogens with zero attached hydrogens (tertiary/aromatic N) is 3. The van der Waals surface area contributed by atoms with Crippen LogP contribution in [-0.4, -0.2) is 77.8 Å². The van der Waals surface area contributed by atoms with Gasteiger partial charge in [0.2, 0.25) is 5.60 Å². The summed E-state index contributed by atoms with van der Waals surface area (Å²) in [5, 5.41) is 11.5. The maximum absolute atomic E-state index is 14.7. The van der Waals surface area contributed by atoms with Gasteiger partial charge in [-0.1, -0.05) is 169 Å². The number of carbonyl (C=O) groups is 4. The van der Waals surface area contributed by atoms with Crippen LogP contribution < -0.4 is 10.6 Å². The molecule has 2 unspecified atom stereocenters. The Morgan fingerprint density at radius 2 is 1.32 bits per heavy atom. The van der Waals surface area contributed by atoms with Gasteiger partial charge in [-0.25, -0.2) is 14.6 Å². The van der Waals surface area contributed by atoms with Crippen molar-refractivity contribution in [1.82, 2.24) is 15.2 Å². The molecule has 13 nitrogen and oxygen atoms in total. The number of alkyl halides is 1. The van der Waals surface area contributed by atoms with E-state index in [2.05, 4.69) is 15.8 Å². The monoisotopic (exact) mass is 1010 g/mol. The van der Waals surface area contributed by atoms with E-state index in [4.69, 9.17) is 30.9 Å². The zero-order valence-corrected chi connectivity index (χ0v) is 42.0. The van der Waals surface area contributed by atoms with Gasteiger partial charge < -0.3 is 24.9 Å². The van der Waals surface area contributed by atoms with Crippen LogP contribution in [0.25, 0.3) is 0 Å². The van der Waals surface area contributed by atoms with E-state index in [9.17, 15) is 23.4 Å². The Bertz CT molecular complexity index is 2860. The van der Waals surface area contributed by atoms with E-state index in [1.807, 2.05) is 152 Å². The maximum Gasteiger partial charge on any atom is 0.356 e. The zero-order valence-electron chi connectivity index (χ0n) is 39.6. The van der Waals surface area contributed by atoms with Gasteiger partial charge in [0.1, 0.15) is 33.9 Å². The number of thiazole rings is 1. The number of hydrogen-bond acceptors (Lipinski definition) is 12. The molecular weight excluding hydrogens is 958 g/mol. The number of benzene rings is 5. The Labute approximate surface area is 424 Å². The molecule has 0 aliphatic carbocycles. The molecule has 3 heterocycles. The molecule has 1 saturated heterocycles. The number of β-lactam (4-membered cyclic amide) rings is 1. The molecule has 1 aromatic heterocycles. The fourth-order valence-corrected chi connectivity index (χ4v) is 10.7.